The van der Waals surface area contributed by atoms with E-state index in [0.29, 0.717) is 5.69 Å². The summed E-state index contributed by atoms with van der Waals surface area (Å²) in [5, 5.41) is 16.3. The number of carbonyl (C=O) groups excluding carboxylic acids is 1. The fourth-order valence-electron chi connectivity index (χ4n) is 2.20. The lowest BCUT2D eigenvalue weighted by molar-refractivity contribution is -0.387. The van der Waals surface area contributed by atoms with Crippen molar-refractivity contribution in [2.75, 3.05) is 24.7 Å². The van der Waals surface area contributed by atoms with Crippen LogP contribution in [0.2, 0.25) is 0 Å². The van der Waals surface area contributed by atoms with Crippen molar-refractivity contribution < 1.29 is 22.5 Å². The number of sulfone groups is 1. The maximum absolute atomic E-state index is 13.5. The molecule has 2 N–H and O–H groups in total. The van der Waals surface area contributed by atoms with Crippen LogP contribution in [0.1, 0.15) is 10.4 Å². The van der Waals surface area contributed by atoms with Crippen molar-refractivity contribution in [1.82, 2.24) is 5.32 Å². The van der Waals surface area contributed by atoms with E-state index in [0.717, 1.165) is 18.4 Å². The van der Waals surface area contributed by atoms with Gasteiger partial charge in [-0.2, -0.15) is 0 Å². The number of nitrogens with one attached hydrogen (secondary N) is 2. The van der Waals surface area contributed by atoms with Crippen LogP contribution in [0.5, 0.6) is 0 Å². The number of amides is 1. The van der Waals surface area contributed by atoms with Crippen molar-refractivity contribution in [1.29, 1.82) is 0 Å². The van der Waals surface area contributed by atoms with Crippen molar-refractivity contribution in [3.63, 3.8) is 0 Å². The Morgan fingerprint density at radius 2 is 1.88 bits per heavy atom. The minimum absolute atomic E-state index is 0.0813. The van der Waals surface area contributed by atoms with Gasteiger partial charge in [0.05, 0.1) is 10.5 Å². The summed E-state index contributed by atoms with van der Waals surface area (Å²) in [6, 6.07) is 9.17. The van der Waals surface area contributed by atoms with Crippen LogP contribution in [-0.2, 0) is 9.84 Å². The molecule has 138 valence electrons. The van der Waals surface area contributed by atoms with Gasteiger partial charge in [-0.15, -0.1) is 0 Å². The zero-order valence-corrected chi connectivity index (χ0v) is 14.5. The first-order valence-electron chi connectivity index (χ1n) is 7.45. The molecule has 10 heteroatoms. The standard InChI is InChI=1S/C16H16FN3O5S/c1-26(24,25)15-10-11(6-7-14(15)20(22)23)18-8-9-19-16(21)12-4-2-3-5-13(12)17/h2-7,10,18H,8-9H2,1H3,(H,19,21). The van der Waals surface area contributed by atoms with Gasteiger partial charge in [-0.25, -0.2) is 12.8 Å². The fraction of sp³-hybridized carbons (Fsp3) is 0.188. The minimum atomic E-state index is -3.78. The molecule has 2 aromatic rings. The number of carbonyl (C=O) groups is 1. The molecule has 0 radical (unpaired) electrons. The fourth-order valence-corrected chi connectivity index (χ4v) is 3.06. The van der Waals surface area contributed by atoms with Gasteiger partial charge in [0.2, 0.25) is 0 Å². The maximum atomic E-state index is 13.5. The van der Waals surface area contributed by atoms with Crippen LogP contribution < -0.4 is 10.6 Å². The predicted octanol–water partition coefficient (Wildman–Crippen LogP) is 1.98. The molecule has 0 aliphatic heterocycles. The first-order valence-corrected chi connectivity index (χ1v) is 9.34. The Labute approximate surface area is 149 Å². The summed E-state index contributed by atoms with van der Waals surface area (Å²) in [4.78, 5) is 21.6. The maximum Gasteiger partial charge on any atom is 0.288 e. The highest BCUT2D eigenvalue weighted by atomic mass is 32.2. The minimum Gasteiger partial charge on any atom is -0.383 e. The zero-order valence-electron chi connectivity index (χ0n) is 13.7. The van der Waals surface area contributed by atoms with Crippen molar-refractivity contribution in [2.45, 2.75) is 4.90 Å². The van der Waals surface area contributed by atoms with Crippen LogP contribution in [0.3, 0.4) is 0 Å². The molecule has 0 bridgehead atoms. The largest absolute Gasteiger partial charge is 0.383 e. The molecule has 0 unspecified atom stereocenters. The molecule has 26 heavy (non-hydrogen) atoms. The smallest absolute Gasteiger partial charge is 0.288 e. The van der Waals surface area contributed by atoms with E-state index >= 15 is 0 Å². The van der Waals surface area contributed by atoms with Crippen LogP contribution in [0.25, 0.3) is 0 Å². The van der Waals surface area contributed by atoms with Gasteiger partial charge < -0.3 is 10.6 Å². The van der Waals surface area contributed by atoms with Gasteiger partial charge in [-0.05, 0) is 24.3 Å². The first-order chi connectivity index (χ1) is 12.2. The Morgan fingerprint density at radius 3 is 2.50 bits per heavy atom. The van der Waals surface area contributed by atoms with E-state index in [9.17, 15) is 27.7 Å². The summed E-state index contributed by atoms with van der Waals surface area (Å²) in [7, 11) is -3.78. The Morgan fingerprint density at radius 1 is 1.19 bits per heavy atom. The predicted molar refractivity (Wildman–Crippen MR) is 93.4 cm³/mol. The normalized spacial score (nSPS) is 11.0. The summed E-state index contributed by atoms with van der Waals surface area (Å²) in [6.45, 7) is 0.347. The highest BCUT2D eigenvalue weighted by Gasteiger charge is 2.22. The van der Waals surface area contributed by atoms with Crippen LogP contribution in [0.4, 0.5) is 15.8 Å². The van der Waals surface area contributed by atoms with Gasteiger partial charge >= 0.3 is 0 Å². The van der Waals surface area contributed by atoms with E-state index in [1.807, 2.05) is 0 Å². The lowest BCUT2D eigenvalue weighted by Gasteiger charge is -2.10. The summed E-state index contributed by atoms with van der Waals surface area (Å²) < 4.78 is 36.9. The summed E-state index contributed by atoms with van der Waals surface area (Å²) in [5.41, 5.74) is -0.246. The van der Waals surface area contributed by atoms with Crippen molar-refractivity contribution in [3.8, 4) is 0 Å². The molecule has 2 rings (SSSR count). The molecular formula is C16H16FN3O5S. The monoisotopic (exact) mass is 381 g/mol. The number of nitro benzene ring substituents is 1. The SMILES string of the molecule is CS(=O)(=O)c1cc(NCCNC(=O)c2ccccc2F)ccc1[N+](=O)[O-]. The molecule has 1 amide bonds. The lowest BCUT2D eigenvalue weighted by atomic mass is 10.2. The number of rotatable bonds is 7. The van der Waals surface area contributed by atoms with Gasteiger partial charge in [-0.3, -0.25) is 14.9 Å². The first kappa shape index (κ1) is 19.3. The second-order valence-corrected chi connectivity index (χ2v) is 7.36. The number of nitrogens with zero attached hydrogens (tertiary/aromatic N) is 1. The van der Waals surface area contributed by atoms with Crippen LogP contribution in [0, 0.1) is 15.9 Å². The highest BCUT2D eigenvalue weighted by molar-refractivity contribution is 7.90. The van der Waals surface area contributed by atoms with Crippen molar-refractivity contribution >= 4 is 27.1 Å². The number of hydrogen-bond donors (Lipinski definition) is 2. The summed E-state index contributed by atoms with van der Waals surface area (Å²) >= 11 is 0. The Balaban J connectivity index is 1.99. The highest BCUT2D eigenvalue weighted by Crippen LogP contribution is 2.26. The van der Waals surface area contributed by atoms with E-state index < -0.39 is 37.1 Å². The molecule has 0 saturated carbocycles. The number of hydrogen-bond acceptors (Lipinski definition) is 6. The van der Waals surface area contributed by atoms with Crippen molar-refractivity contribution in [2.24, 2.45) is 0 Å². The Kier molecular flexibility index (Phi) is 5.88. The lowest BCUT2D eigenvalue weighted by Crippen LogP contribution is -2.29. The van der Waals surface area contributed by atoms with Gasteiger partial charge in [0.1, 0.15) is 10.7 Å². The number of halogens is 1. The van der Waals surface area contributed by atoms with E-state index in [-0.39, 0.29) is 18.7 Å². The van der Waals surface area contributed by atoms with Crippen LogP contribution in [-0.4, -0.2) is 38.6 Å². The van der Waals surface area contributed by atoms with Gasteiger partial charge in [0.15, 0.2) is 9.84 Å². The molecule has 0 heterocycles. The number of anilines is 1. The second kappa shape index (κ2) is 7.91. The zero-order chi connectivity index (χ0) is 19.3. The van der Waals surface area contributed by atoms with E-state index in [1.54, 1.807) is 6.07 Å². The molecule has 0 aliphatic carbocycles. The van der Waals surface area contributed by atoms with Crippen LogP contribution >= 0.6 is 0 Å². The van der Waals surface area contributed by atoms with Gasteiger partial charge in [0.25, 0.3) is 11.6 Å². The van der Waals surface area contributed by atoms with Crippen molar-refractivity contribution in [3.05, 3.63) is 64.0 Å². The average Bonchev–Trinajstić information content (AvgIpc) is 2.58. The number of benzene rings is 2. The molecule has 0 aromatic heterocycles. The summed E-state index contributed by atoms with van der Waals surface area (Å²) in [6.07, 6.45) is 0.883. The third-order valence-corrected chi connectivity index (χ3v) is 4.54. The molecule has 8 nitrogen and oxygen atoms in total. The molecule has 0 spiro atoms. The molecule has 2 aromatic carbocycles. The average molecular weight is 381 g/mol. The molecular weight excluding hydrogens is 365 g/mol. The van der Waals surface area contributed by atoms with Crippen LogP contribution in [0.15, 0.2) is 47.4 Å². The third-order valence-electron chi connectivity index (χ3n) is 3.41. The van der Waals surface area contributed by atoms with E-state index in [2.05, 4.69) is 10.6 Å². The quantitative estimate of drug-likeness (QED) is 0.430. The molecule has 0 saturated heterocycles. The van der Waals surface area contributed by atoms with E-state index in [4.69, 9.17) is 0 Å². The van der Waals surface area contributed by atoms with E-state index in [1.165, 1.54) is 24.3 Å². The topological polar surface area (TPSA) is 118 Å². The second-order valence-electron chi connectivity index (χ2n) is 5.37. The molecule has 0 atom stereocenters. The van der Waals surface area contributed by atoms with Gasteiger partial charge in [-0.1, -0.05) is 12.1 Å². The number of nitro groups is 1. The van der Waals surface area contributed by atoms with Gasteiger partial charge in [0, 0.05) is 31.1 Å². The molecule has 0 fully saturated rings. The third kappa shape index (κ3) is 4.76. The summed E-state index contributed by atoms with van der Waals surface area (Å²) in [5.74, 6) is -1.21. The Bertz CT molecular complexity index is 947. The molecule has 0 aliphatic rings. The Hall–Kier alpha value is -3.01.